The van der Waals surface area contributed by atoms with E-state index >= 15 is 0 Å². The van der Waals surface area contributed by atoms with Crippen molar-refractivity contribution < 1.29 is 13.2 Å². The van der Waals surface area contributed by atoms with E-state index in [0.717, 1.165) is 48.1 Å². The minimum Gasteiger partial charge on any atom is -0.312 e. The zero-order valence-electron chi connectivity index (χ0n) is 16.8. The lowest BCUT2D eigenvalue weighted by Crippen LogP contribution is -2.33. The Hall–Kier alpha value is -2.18. The van der Waals surface area contributed by atoms with E-state index in [2.05, 4.69) is 36.8 Å². The fraction of sp³-hybridized carbons (Fsp3) is 0.409. The molecule has 28 heavy (non-hydrogen) atoms. The maximum atomic E-state index is 12.9. The minimum absolute atomic E-state index is 0.0161. The normalized spacial score (nSPS) is 14.0. The molecule has 1 heterocycles. The summed E-state index contributed by atoms with van der Waals surface area (Å²) in [5.74, 6) is -0.0161. The van der Waals surface area contributed by atoms with E-state index in [1.165, 1.54) is 12.5 Å². The van der Waals surface area contributed by atoms with Gasteiger partial charge >= 0.3 is 0 Å². The van der Waals surface area contributed by atoms with Crippen molar-refractivity contribution in [3.63, 3.8) is 0 Å². The monoisotopic (exact) mass is 400 g/mol. The van der Waals surface area contributed by atoms with Crippen LogP contribution in [0.3, 0.4) is 0 Å². The number of aryl methyl sites for hydroxylation is 3. The van der Waals surface area contributed by atoms with Crippen LogP contribution in [0.15, 0.2) is 41.3 Å². The van der Waals surface area contributed by atoms with Crippen LogP contribution < -0.4 is 9.62 Å². The number of rotatable bonds is 6. The third-order valence-corrected chi connectivity index (χ3v) is 6.77. The molecule has 0 saturated heterocycles. The van der Waals surface area contributed by atoms with Crippen LogP contribution in [0.5, 0.6) is 0 Å². The Balaban J connectivity index is 1.83. The standard InChI is InChI=1S/C22H28N2O3S/c1-4-17-8-9-18(5-2)20(13-17)15-23-28(26,27)21-10-11-22-19(14-21)7-6-12-24(22)16(3)25/h8-11,13-14,23H,4-7,12,15H2,1-3H3. The Labute approximate surface area is 167 Å². The number of hydrogen-bond donors (Lipinski definition) is 1. The Morgan fingerprint density at radius 3 is 2.54 bits per heavy atom. The maximum absolute atomic E-state index is 12.9. The van der Waals surface area contributed by atoms with Crippen LogP contribution in [0.1, 0.15) is 49.4 Å². The summed E-state index contributed by atoms with van der Waals surface area (Å²) < 4.78 is 28.5. The quantitative estimate of drug-likeness (QED) is 0.806. The van der Waals surface area contributed by atoms with Gasteiger partial charge in [0.1, 0.15) is 0 Å². The van der Waals surface area contributed by atoms with Gasteiger partial charge in [-0.2, -0.15) is 0 Å². The number of fused-ring (bicyclic) bond motifs is 1. The molecule has 2 aromatic carbocycles. The summed E-state index contributed by atoms with van der Waals surface area (Å²) in [7, 11) is -3.63. The van der Waals surface area contributed by atoms with Crippen LogP contribution in [-0.4, -0.2) is 20.9 Å². The molecule has 0 spiro atoms. The third-order valence-electron chi connectivity index (χ3n) is 5.37. The number of nitrogens with zero attached hydrogens (tertiary/aromatic N) is 1. The van der Waals surface area contributed by atoms with Gasteiger partial charge in [-0.15, -0.1) is 0 Å². The lowest BCUT2D eigenvalue weighted by molar-refractivity contribution is -0.116. The zero-order valence-corrected chi connectivity index (χ0v) is 17.6. The van der Waals surface area contributed by atoms with Crippen molar-refractivity contribution in [1.82, 2.24) is 4.72 Å². The van der Waals surface area contributed by atoms with Crippen molar-refractivity contribution in [2.24, 2.45) is 0 Å². The van der Waals surface area contributed by atoms with E-state index in [4.69, 9.17) is 0 Å². The Morgan fingerprint density at radius 2 is 1.86 bits per heavy atom. The summed E-state index contributed by atoms with van der Waals surface area (Å²) in [5.41, 5.74) is 5.10. The first kappa shape index (κ1) is 20.6. The molecular weight excluding hydrogens is 372 g/mol. The molecule has 150 valence electrons. The average molecular weight is 401 g/mol. The summed E-state index contributed by atoms with van der Waals surface area (Å²) in [5, 5.41) is 0. The van der Waals surface area contributed by atoms with Crippen molar-refractivity contribution in [2.45, 2.75) is 57.9 Å². The molecule has 1 N–H and O–H groups in total. The van der Waals surface area contributed by atoms with Crippen LogP contribution in [0.2, 0.25) is 0 Å². The highest BCUT2D eigenvalue weighted by atomic mass is 32.2. The van der Waals surface area contributed by atoms with Gasteiger partial charge in [-0.3, -0.25) is 4.79 Å². The Bertz CT molecular complexity index is 983. The van der Waals surface area contributed by atoms with Crippen LogP contribution in [0.25, 0.3) is 0 Å². The van der Waals surface area contributed by atoms with Crippen molar-refractivity contribution in [3.8, 4) is 0 Å². The zero-order chi connectivity index (χ0) is 20.3. The van der Waals surface area contributed by atoms with Gasteiger partial charge in [-0.05, 0) is 66.1 Å². The first-order chi connectivity index (χ1) is 13.4. The van der Waals surface area contributed by atoms with Gasteiger partial charge in [0.05, 0.1) is 4.90 Å². The molecule has 2 aromatic rings. The summed E-state index contributed by atoms with van der Waals surface area (Å²) >= 11 is 0. The molecule has 0 atom stereocenters. The summed E-state index contributed by atoms with van der Waals surface area (Å²) in [6.45, 7) is 6.66. The predicted molar refractivity (Wildman–Crippen MR) is 112 cm³/mol. The number of anilines is 1. The van der Waals surface area contributed by atoms with E-state index in [-0.39, 0.29) is 17.3 Å². The lowest BCUT2D eigenvalue weighted by atomic mass is 10.0. The van der Waals surface area contributed by atoms with E-state index in [9.17, 15) is 13.2 Å². The van der Waals surface area contributed by atoms with Gasteiger partial charge in [-0.1, -0.05) is 32.0 Å². The second kappa shape index (κ2) is 8.45. The van der Waals surface area contributed by atoms with Crippen LogP contribution in [0, 0.1) is 0 Å². The Morgan fingerprint density at radius 1 is 1.07 bits per heavy atom. The van der Waals surface area contributed by atoms with Crippen LogP contribution in [-0.2, 0) is 40.6 Å². The molecule has 0 fully saturated rings. The molecule has 6 heteroatoms. The second-order valence-electron chi connectivity index (χ2n) is 7.20. The number of nitrogens with one attached hydrogen (secondary N) is 1. The van der Waals surface area contributed by atoms with Crippen LogP contribution >= 0.6 is 0 Å². The number of carbonyl (C=O) groups is 1. The van der Waals surface area contributed by atoms with Gasteiger partial charge < -0.3 is 4.90 Å². The van der Waals surface area contributed by atoms with Gasteiger partial charge in [0.2, 0.25) is 15.9 Å². The second-order valence-corrected chi connectivity index (χ2v) is 8.97. The fourth-order valence-corrected chi connectivity index (χ4v) is 4.79. The fourth-order valence-electron chi connectivity index (χ4n) is 3.73. The molecule has 1 aliphatic rings. The Kier molecular flexibility index (Phi) is 6.20. The van der Waals surface area contributed by atoms with Gasteiger partial charge in [0.15, 0.2) is 0 Å². The highest BCUT2D eigenvalue weighted by molar-refractivity contribution is 7.89. The van der Waals surface area contributed by atoms with E-state index < -0.39 is 10.0 Å². The molecule has 0 radical (unpaired) electrons. The molecule has 0 aromatic heterocycles. The van der Waals surface area contributed by atoms with Crippen LogP contribution in [0.4, 0.5) is 5.69 Å². The molecule has 3 rings (SSSR count). The minimum atomic E-state index is -3.63. The molecule has 1 amide bonds. The third kappa shape index (κ3) is 4.28. The summed E-state index contributed by atoms with van der Waals surface area (Å²) in [6.07, 6.45) is 3.40. The summed E-state index contributed by atoms with van der Waals surface area (Å²) in [6, 6.07) is 11.3. The lowest BCUT2D eigenvalue weighted by Gasteiger charge is -2.28. The van der Waals surface area contributed by atoms with Crippen molar-refractivity contribution >= 4 is 21.6 Å². The van der Waals surface area contributed by atoms with E-state index in [1.54, 1.807) is 23.1 Å². The molecule has 0 unspecified atom stereocenters. The first-order valence-corrected chi connectivity index (χ1v) is 11.4. The van der Waals surface area contributed by atoms with Crippen molar-refractivity contribution in [1.29, 1.82) is 0 Å². The van der Waals surface area contributed by atoms with Crippen molar-refractivity contribution in [3.05, 3.63) is 58.7 Å². The van der Waals surface area contributed by atoms with E-state index in [0.29, 0.717) is 6.54 Å². The number of sulfonamides is 1. The molecule has 1 aliphatic heterocycles. The maximum Gasteiger partial charge on any atom is 0.240 e. The average Bonchev–Trinajstić information content (AvgIpc) is 2.71. The van der Waals surface area contributed by atoms with Gasteiger partial charge in [0, 0.05) is 25.7 Å². The number of amides is 1. The molecule has 5 nitrogen and oxygen atoms in total. The highest BCUT2D eigenvalue weighted by Crippen LogP contribution is 2.29. The van der Waals surface area contributed by atoms with Gasteiger partial charge in [0.25, 0.3) is 0 Å². The summed E-state index contributed by atoms with van der Waals surface area (Å²) in [4.78, 5) is 13.8. The van der Waals surface area contributed by atoms with Crippen molar-refractivity contribution in [2.75, 3.05) is 11.4 Å². The smallest absolute Gasteiger partial charge is 0.240 e. The molecule has 0 saturated carbocycles. The largest absolute Gasteiger partial charge is 0.312 e. The number of hydrogen-bond acceptors (Lipinski definition) is 3. The topological polar surface area (TPSA) is 66.5 Å². The van der Waals surface area contributed by atoms with Gasteiger partial charge in [-0.25, -0.2) is 13.1 Å². The molecule has 0 aliphatic carbocycles. The highest BCUT2D eigenvalue weighted by Gasteiger charge is 2.23. The predicted octanol–water partition coefficient (Wildman–Crippen LogP) is 3.59. The number of carbonyl (C=O) groups excluding carboxylic acids is 1. The first-order valence-electron chi connectivity index (χ1n) is 9.87. The van der Waals surface area contributed by atoms with E-state index in [1.807, 2.05) is 0 Å². The SMILES string of the molecule is CCc1ccc(CC)c(CNS(=O)(=O)c2ccc3c(c2)CCCN3C(C)=O)c1. The molecular formula is C22H28N2O3S. The molecule has 0 bridgehead atoms. The number of benzene rings is 2.